The zero-order valence-corrected chi connectivity index (χ0v) is 11.1. The number of carbonyl (C=O) groups is 2. The summed E-state index contributed by atoms with van der Waals surface area (Å²) in [6.07, 6.45) is 3.05. The highest BCUT2D eigenvalue weighted by atomic mass is 16.5. The van der Waals surface area contributed by atoms with E-state index < -0.39 is 0 Å². The van der Waals surface area contributed by atoms with Crippen molar-refractivity contribution in [3.63, 3.8) is 0 Å². The molecule has 0 saturated heterocycles. The molecule has 0 atom stereocenters. The zero-order valence-electron chi connectivity index (χ0n) is 11.1. The fourth-order valence-electron chi connectivity index (χ4n) is 2.42. The van der Waals surface area contributed by atoms with Gasteiger partial charge in [-0.25, -0.2) is 0 Å². The normalized spacial score (nSPS) is 14.9. The van der Waals surface area contributed by atoms with Gasteiger partial charge in [0.05, 0.1) is 7.11 Å². The Morgan fingerprint density at radius 1 is 1.21 bits per heavy atom. The topological polar surface area (TPSA) is 43.4 Å². The molecule has 0 bridgehead atoms. The lowest BCUT2D eigenvalue weighted by Crippen LogP contribution is -2.03. The molecule has 0 amide bonds. The second-order valence-electron chi connectivity index (χ2n) is 4.74. The Hall–Kier alpha value is -1.90. The van der Waals surface area contributed by atoms with Crippen LogP contribution < -0.4 is 0 Å². The predicted molar refractivity (Wildman–Crippen MR) is 72.7 cm³/mol. The van der Waals surface area contributed by atoms with E-state index in [1.54, 1.807) is 0 Å². The van der Waals surface area contributed by atoms with E-state index in [2.05, 4.69) is 4.74 Å². The summed E-state index contributed by atoms with van der Waals surface area (Å²) in [6, 6.07) is 9.96. The van der Waals surface area contributed by atoms with Gasteiger partial charge in [-0.3, -0.25) is 9.59 Å². The summed E-state index contributed by atoms with van der Waals surface area (Å²) >= 11 is 0. The lowest BCUT2D eigenvalue weighted by Gasteiger charge is -2.06. The molecule has 0 unspecified atom stereocenters. The first-order chi connectivity index (χ1) is 9.20. The van der Waals surface area contributed by atoms with Crippen molar-refractivity contribution in [1.29, 1.82) is 0 Å². The Balaban J connectivity index is 2.09. The Morgan fingerprint density at radius 3 is 2.63 bits per heavy atom. The van der Waals surface area contributed by atoms with Gasteiger partial charge in [-0.1, -0.05) is 35.9 Å². The van der Waals surface area contributed by atoms with Crippen LogP contribution in [-0.2, 0) is 20.7 Å². The first-order valence-corrected chi connectivity index (χ1v) is 6.55. The number of allylic oxidation sites excluding steroid dienone is 2. The van der Waals surface area contributed by atoms with E-state index in [1.165, 1.54) is 7.11 Å². The molecule has 19 heavy (non-hydrogen) atoms. The van der Waals surface area contributed by atoms with Gasteiger partial charge in [-0.2, -0.15) is 0 Å². The largest absolute Gasteiger partial charge is 0.469 e. The third kappa shape index (κ3) is 3.53. The van der Waals surface area contributed by atoms with Crippen LogP contribution in [-0.4, -0.2) is 18.9 Å². The van der Waals surface area contributed by atoms with Crippen molar-refractivity contribution in [1.82, 2.24) is 0 Å². The molecule has 0 radical (unpaired) electrons. The van der Waals surface area contributed by atoms with Crippen LogP contribution in [0.3, 0.4) is 0 Å². The maximum atomic E-state index is 11.9. The van der Waals surface area contributed by atoms with Crippen LogP contribution in [0.4, 0.5) is 0 Å². The van der Waals surface area contributed by atoms with Crippen LogP contribution in [0, 0.1) is 0 Å². The molecule has 100 valence electrons. The van der Waals surface area contributed by atoms with Crippen LogP contribution in [0.15, 0.2) is 41.5 Å². The van der Waals surface area contributed by atoms with Gasteiger partial charge >= 0.3 is 5.97 Å². The van der Waals surface area contributed by atoms with E-state index in [0.29, 0.717) is 25.7 Å². The Morgan fingerprint density at radius 2 is 1.95 bits per heavy atom. The molecule has 0 heterocycles. The molecular weight excluding hydrogens is 240 g/mol. The van der Waals surface area contributed by atoms with E-state index in [-0.39, 0.29) is 11.8 Å². The lowest BCUT2D eigenvalue weighted by atomic mass is 9.99. The van der Waals surface area contributed by atoms with E-state index in [1.807, 2.05) is 30.3 Å². The van der Waals surface area contributed by atoms with Crippen molar-refractivity contribution in [2.45, 2.75) is 32.1 Å². The van der Waals surface area contributed by atoms with Crippen LogP contribution in [0.25, 0.3) is 0 Å². The van der Waals surface area contributed by atoms with Crippen LogP contribution in [0.5, 0.6) is 0 Å². The Labute approximate surface area is 113 Å². The standard InChI is InChI=1S/C16H18O3/c1-19-16(18)10-8-13-7-9-15(17)14(13)11-12-5-3-2-4-6-12/h2-6H,7-11H2,1H3. The van der Waals surface area contributed by atoms with Crippen LogP contribution >= 0.6 is 0 Å². The molecule has 1 aliphatic rings. The SMILES string of the molecule is COC(=O)CCC1=C(Cc2ccccc2)C(=O)CC1. The molecule has 0 fully saturated rings. The van der Waals surface area contributed by atoms with Gasteiger partial charge in [0.25, 0.3) is 0 Å². The minimum absolute atomic E-state index is 0.217. The molecule has 3 nitrogen and oxygen atoms in total. The summed E-state index contributed by atoms with van der Waals surface area (Å²) in [5.41, 5.74) is 3.16. The number of hydrogen-bond donors (Lipinski definition) is 0. The number of benzene rings is 1. The van der Waals surface area contributed by atoms with E-state index in [9.17, 15) is 9.59 Å². The van der Waals surface area contributed by atoms with Gasteiger partial charge in [-0.15, -0.1) is 0 Å². The molecule has 1 aromatic carbocycles. The van der Waals surface area contributed by atoms with Gasteiger partial charge in [0.1, 0.15) is 0 Å². The third-order valence-electron chi connectivity index (χ3n) is 3.50. The first kappa shape index (κ1) is 13.5. The Bertz CT molecular complexity index is 500. The molecule has 0 N–H and O–H groups in total. The molecule has 2 rings (SSSR count). The number of carbonyl (C=O) groups excluding carboxylic acids is 2. The summed E-state index contributed by atoms with van der Waals surface area (Å²) in [5.74, 6) is 0.00892. The highest BCUT2D eigenvalue weighted by Crippen LogP contribution is 2.29. The quantitative estimate of drug-likeness (QED) is 0.763. The smallest absolute Gasteiger partial charge is 0.305 e. The van der Waals surface area contributed by atoms with Gasteiger partial charge in [0, 0.05) is 19.3 Å². The van der Waals surface area contributed by atoms with Crippen molar-refractivity contribution >= 4 is 11.8 Å². The molecular formula is C16H18O3. The number of esters is 1. The number of rotatable bonds is 5. The molecule has 0 aromatic heterocycles. The van der Waals surface area contributed by atoms with E-state index in [0.717, 1.165) is 23.1 Å². The molecule has 3 heteroatoms. The van der Waals surface area contributed by atoms with E-state index >= 15 is 0 Å². The maximum Gasteiger partial charge on any atom is 0.305 e. The number of hydrogen-bond acceptors (Lipinski definition) is 3. The first-order valence-electron chi connectivity index (χ1n) is 6.55. The summed E-state index contributed by atoms with van der Waals surface area (Å²) in [5, 5.41) is 0. The molecule has 0 aliphatic heterocycles. The zero-order chi connectivity index (χ0) is 13.7. The molecule has 1 aromatic rings. The van der Waals surface area contributed by atoms with Crippen molar-refractivity contribution < 1.29 is 14.3 Å². The fourth-order valence-corrected chi connectivity index (χ4v) is 2.42. The minimum atomic E-state index is -0.217. The average Bonchev–Trinajstić information content (AvgIpc) is 2.78. The Kier molecular flexibility index (Phi) is 4.50. The van der Waals surface area contributed by atoms with Gasteiger partial charge < -0.3 is 4.74 Å². The monoisotopic (exact) mass is 258 g/mol. The van der Waals surface area contributed by atoms with Crippen LogP contribution in [0.1, 0.15) is 31.2 Å². The number of methoxy groups -OCH3 is 1. The van der Waals surface area contributed by atoms with Crippen molar-refractivity contribution in [2.75, 3.05) is 7.11 Å². The molecule has 1 aliphatic carbocycles. The number of ketones is 1. The summed E-state index contributed by atoms with van der Waals surface area (Å²) < 4.78 is 4.64. The fraction of sp³-hybridized carbons (Fsp3) is 0.375. The second kappa shape index (κ2) is 6.32. The summed E-state index contributed by atoms with van der Waals surface area (Å²) in [6.45, 7) is 0. The highest BCUT2D eigenvalue weighted by Gasteiger charge is 2.23. The molecule has 0 saturated carbocycles. The van der Waals surface area contributed by atoms with Gasteiger partial charge in [0.15, 0.2) is 5.78 Å². The highest BCUT2D eigenvalue weighted by molar-refractivity contribution is 5.99. The predicted octanol–water partition coefficient (Wildman–Crippen LogP) is 2.84. The number of ether oxygens (including phenoxy) is 1. The second-order valence-corrected chi connectivity index (χ2v) is 4.74. The summed E-state index contributed by atoms with van der Waals surface area (Å²) in [4.78, 5) is 23.1. The number of Topliss-reactive ketones (excluding diaryl/α,β-unsaturated/α-hetero) is 1. The van der Waals surface area contributed by atoms with Crippen molar-refractivity contribution in [3.8, 4) is 0 Å². The summed E-state index contributed by atoms with van der Waals surface area (Å²) in [7, 11) is 1.39. The van der Waals surface area contributed by atoms with Gasteiger partial charge in [-0.05, 0) is 24.0 Å². The maximum absolute atomic E-state index is 11.9. The van der Waals surface area contributed by atoms with Crippen molar-refractivity contribution in [3.05, 3.63) is 47.0 Å². The average molecular weight is 258 g/mol. The molecule has 0 spiro atoms. The van der Waals surface area contributed by atoms with Gasteiger partial charge in [0.2, 0.25) is 0 Å². The lowest BCUT2D eigenvalue weighted by molar-refractivity contribution is -0.140. The minimum Gasteiger partial charge on any atom is -0.469 e. The third-order valence-corrected chi connectivity index (χ3v) is 3.50. The van der Waals surface area contributed by atoms with E-state index in [4.69, 9.17) is 0 Å². The van der Waals surface area contributed by atoms with Crippen molar-refractivity contribution in [2.24, 2.45) is 0 Å². The van der Waals surface area contributed by atoms with Crippen LogP contribution in [0.2, 0.25) is 0 Å².